The zero-order chi connectivity index (χ0) is 35.4. The second kappa shape index (κ2) is 17.9. The second-order valence-corrected chi connectivity index (χ2v) is 13.4. The predicted molar refractivity (Wildman–Crippen MR) is 192 cm³/mol. The Hall–Kier alpha value is -4.31. The smallest absolute Gasteiger partial charge is 0.253 e. The highest BCUT2D eigenvalue weighted by atomic mass is 16.2. The van der Waals surface area contributed by atoms with Crippen molar-refractivity contribution in [3.05, 3.63) is 69.8 Å². The Kier molecular flexibility index (Phi) is 13.7. The van der Waals surface area contributed by atoms with Crippen LogP contribution in [0.15, 0.2) is 41.5 Å². The van der Waals surface area contributed by atoms with Crippen LogP contribution >= 0.6 is 0 Å². The summed E-state index contributed by atoms with van der Waals surface area (Å²) < 4.78 is 0. The van der Waals surface area contributed by atoms with Gasteiger partial charge in [-0.1, -0.05) is 25.1 Å². The number of fused-ring (bicyclic) bond motifs is 2. The fraction of sp³-hybridized carbons (Fsp3) is 0.541. The number of amides is 2. The van der Waals surface area contributed by atoms with Crippen molar-refractivity contribution in [2.75, 3.05) is 46.3 Å². The molecule has 49 heavy (non-hydrogen) atoms. The second-order valence-electron chi connectivity index (χ2n) is 13.4. The predicted octanol–water partition coefficient (Wildman–Crippen LogP) is 2.70. The van der Waals surface area contributed by atoms with Crippen LogP contribution in [-0.4, -0.2) is 97.5 Å². The van der Waals surface area contributed by atoms with Gasteiger partial charge in [-0.05, 0) is 125 Å². The minimum Gasteiger partial charge on any atom is -0.385 e. The quantitative estimate of drug-likeness (QED) is 0.103. The lowest BCUT2D eigenvalue weighted by Gasteiger charge is -2.38. The summed E-state index contributed by atoms with van der Waals surface area (Å²) in [5.41, 5.74) is 13.8. The highest BCUT2D eigenvalue weighted by molar-refractivity contribution is 5.98. The first-order chi connectivity index (χ1) is 23.7. The highest BCUT2D eigenvalue weighted by Gasteiger charge is 2.44. The number of carbonyl (C=O) groups is 3. The lowest BCUT2D eigenvalue weighted by atomic mass is 9.67. The van der Waals surface area contributed by atoms with Crippen molar-refractivity contribution in [2.24, 2.45) is 16.7 Å². The molecule has 2 amide bonds. The van der Waals surface area contributed by atoms with E-state index < -0.39 is 5.41 Å². The number of rotatable bonds is 9. The van der Waals surface area contributed by atoms with Gasteiger partial charge >= 0.3 is 0 Å². The number of carbonyl (C=O) groups excluding carboxylic acids is 3. The Morgan fingerprint density at radius 2 is 1.69 bits per heavy atom. The van der Waals surface area contributed by atoms with Gasteiger partial charge in [-0.3, -0.25) is 14.4 Å². The number of hydrazone groups is 1. The number of aldehydes is 1. The number of nitrogens with zero attached hydrogens (tertiary/aromatic N) is 5. The van der Waals surface area contributed by atoms with Crippen LogP contribution < -0.4 is 22.4 Å². The average Bonchev–Trinajstić information content (AvgIpc) is 3.21. The zero-order valence-electron chi connectivity index (χ0n) is 29.3. The van der Waals surface area contributed by atoms with Gasteiger partial charge in [0.2, 0.25) is 6.41 Å². The van der Waals surface area contributed by atoms with Crippen molar-refractivity contribution >= 4 is 24.4 Å². The molecule has 3 aliphatic heterocycles. The normalized spacial score (nSPS) is 22.0. The third-order valence-electron chi connectivity index (χ3n) is 10.0. The van der Waals surface area contributed by atoms with E-state index in [1.54, 1.807) is 4.90 Å². The van der Waals surface area contributed by atoms with Crippen molar-refractivity contribution in [1.82, 2.24) is 25.6 Å². The van der Waals surface area contributed by atoms with E-state index in [9.17, 15) is 14.4 Å². The molecule has 2 aromatic rings. The summed E-state index contributed by atoms with van der Waals surface area (Å²) in [7, 11) is 2.14. The molecule has 6 N–H and O–H groups in total. The first-order valence-corrected chi connectivity index (χ1v) is 17.5. The minimum absolute atomic E-state index is 0.0657. The maximum atomic E-state index is 13.0. The molecule has 12 heteroatoms. The van der Waals surface area contributed by atoms with Crippen LogP contribution in [0.2, 0.25) is 0 Å². The Balaban J connectivity index is 0.000000295. The Morgan fingerprint density at radius 1 is 1.04 bits per heavy atom. The van der Waals surface area contributed by atoms with Crippen molar-refractivity contribution < 1.29 is 14.4 Å². The van der Waals surface area contributed by atoms with Gasteiger partial charge in [-0.25, -0.2) is 11.4 Å². The minimum atomic E-state index is -0.783. The molecule has 6 rings (SSSR count). The molecular weight excluding hydrogens is 618 g/mol. The van der Waals surface area contributed by atoms with E-state index in [1.165, 1.54) is 19.5 Å². The Labute approximate surface area is 290 Å². The molecule has 12 nitrogen and oxygen atoms in total. The molecule has 3 atom stereocenters. The lowest BCUT2D eigenvalue weighted by molar-refractivity contribution is -0.120. The molecule has 0 bridgehead atoms. The molecule has 264 valence electrons. The SMILES string of the molecule is CCNC(C)CC1(/C(N)=N/NN)c2ccc(C=O)cc2CCc2cc(C(=O)N3CCC3)ccc21.CN1CCC1.N#CC1CCCCN1C=O. The number of hydrogen-bond acceptors (Lipinski definition) is 9. The van der Waals surface area contributed by atoms with Gasteiger partial charge in [0.25, 0.3) is 5.91 Å². The molecule has 4 aliphatic rings. The van der Waals surface area contributed by atoms with E-state index >= 15 is 0 Å². The standard InChI is InChI=1S/C26H34N6O2.C7H10N2O.C4H9N/c1-3-29-17(2)15-26(25(27)30-31-28)22-9-5-18(16-33)13-19(22)6-7-20-14-21(8-10-23(20)26)24(34)32-11-4-12-32;8-5-7-3-1-2-4-9(7)6-10;1-5-3-2-4-5/h5,8-10,13-14,16-17,29,31H,3-4,6-7,11-12,15,28H2,1-2H3,(H2,27,30);6-7H,1-4H2;2-4H2,1H3. The van der Waals surface area contributed by atoms with E-state index in [0.29, 0.717) is 23.4 Å². The molecule has 0 aromatic heterocycles. The first kappa shape index (κ1) is 37.5. The van der Waals surface area contributed by atoms with E-state index in [0.717, 1.165) is 99.7 Å². The van der Waals surface area contributed by atoms with E-state index in [2.05, 4.69) is 47.8 Å². The highest BCUT2D eigenvalue weighted by Crippen LogP contribution is 2.44. The lowest BCUT2D eigenvalue weighted by Crippen LogP contribution is -2.48. The number of hydrogen-bond donors (Lipinski definition) is 4. The van der Waals surface area contributed by atoms with Crippen LogP contribution in [0.5, 0.6) is 0 Å². The molecule has 0 saturated carbocycles. The maximum Gasteiger partial charge on any atom is 0.253 e. The average molecular weight is 672 g/mol. The van der Waals surface area contributed by atoms with Crippen LogP contribution in [0.4, 0.5) is 0 Å². The number of piperidine rings is 1. The molecule has 0 radical (unpaired) electrons. The maximum absolute atomic E-state index is 13.0. The number of aryl methyl sites for hydroxylation is 2. The van der Waals surface area contributed by atoms with Gasteiger partial charge in [0.05, 0.1) is 11.5 Å². The molecule has 2 aromatic carbocycles. The van der Waals surface area contributed by atoms with Crippen molar-refractivity contribution in [1.29, 1.82) is 5.26 Å². The van der Waals surface area contributed by atoms with Crippen LogP contribution in [0, 0.1) is 11.3 Å². The van der Waals surface area contributed by atoms with Gasteiger partial charge in [0, 0.05) is 36.8 Å². The summed E-state index contributed by atoms with van der Waals surface area (Å²) in [6.07, 6.45) is 9.15. The summed E-state index contributed by atoms with van der Waals surface area (Å²) >= 11 is 0. The van der Waals surface area contributed by atoms with Crippen molar-refractivity contribution in [3.63, 3.8) is 0 Å². The largest absolute Gasteiger partial charge is 0.385 e. The first-order valence-electron chi connectivity index (χ1n) is 17.5. The fourth-order valence-electron chi connectivity index (χ4n) is 7.11. The third-order valence-corrected chi connectivity index (χ3v) is 10.0. The molecule has 0 spiro atoms. The van der Waals surface area contributed by atoms with Crippen LogP contribution in [0.1, 0.15) is 95.3 Å². The van der Waals surface area contributed by atoms with E-state index in [1.807, 2.05) is 41.3 Å². The van der Waals surface area contributed by atoms with Crippen LogP contribution in [-0.2, 0) is 23.1 Å². The van der Waals surface area contributed by atoms with Gasteiger partial charge in [0.15, 0.2) is 0 Å². The molecular formula is C37H53N9O3. The summed E-state index contributed by atoms with van der Waals surface area (Å²) in [5, 5.41) is 16.3. The molecule has 3 saturated heterocycles. The van der Waals surface area contributed by atoms with E-state index in [4.69, 9.17) is 16.8 Å². The number of hydrazine groups is 1. The summed E-state index contributed by atoms with van der Waals surface area (Å²) in [6, 6.07) is 13.8. The number of nitrogens with two attached hydrogens (primary N) is 2. The zero-order valence-corrected chi connectivity index (χ0v) is 29.3. The van der Waals surface area contributed by atoms with E-state index in [-0.39, 0.29) is 18.0 Å². The van der Waals surface area contributed by atoms with Crippen molar-refractivity contribution in [2.45, 2.75) is 82.7 Å². The third kappa shape index (κ3) is 8.84. The topological polar surface area (TPSA) is 173 Å². The Morgan fingerprint density at radius 3 is 2.20 bits per heavy atom. The number of benzene rings is 2. The Bertz CT molecular complexity index is 1510. The molecule has 3 fully saturated rings. The number of nitrogens with one attached hydrogen (secondary N) is 2. The van der Waals surface area contributed by atoms with Crippen LogP contribution in [0.3, 0.4) is 0 Å². The fourth-order valence-corrected chi connectivity index (χ4v) is 7.11. The summed E-state index contributed by atoms with van der Waals surface area (Å²) in [6.45, 7) is 10.0. The van der Waals surface area contributed by atoms with Crippen LogP contribution in [0.25, 0.3) is 0 Å². The monoisotopic (exact) mass is 671 g/mol. The summed E-state index contributed by atoms with van der Waals surface area (Å²) in [5.74, 6) is 6.02. The number of amidine groups is 1. The molecule has 3 unspecified atom stereocenters. The molecule has 1 aliphatic carbocycles. The van der Waals surface area contributed by atoms with Gasteiger partial charge in [-0.2, -0.15) is 10.4 Å². The number of nitriles is 1. The van der Waals surface area contributed by atoms with Gasteiger partial charge in [-0.15, -0.1) is 0 Å². The summed E-state index contributed by atoms with van der Waals surface area (Å²) in [4.78, 5) is 40.6. The van der Waals surface area contributed by atoms with Gasteiger partial charge in [0.1, 0.15) is 18.2 Å². The molecule has 3 heterocycles. The van der Waals surface area contributed by atoms with Crippen molar-refractivity contribution in [3.8, 4) is 6.07 Å². The number of likely N-dealkylation sites (tertiary alicyclic amines) is 3. The van der Waals surface area contributed by atoms with Gasteiger partial charge < -0.3 is 25.8 Å².